The van der Waals surface area contributed by atoms with Crippen LogP contribution in [0, 0.1) is 0 Å². The van der Waals surface area contributed by atoms with Crippen LogP contribution in [0.3, 0.4) is 0 Å². The largest absolute Gasteiger partial charge is 0.303 e. The Bertz CT molecular complexity index is 91.3. The second-order valence-electron chi connectivity index (χ2n) is 2.90. The van der Waals surface area contributed by atoms with Crippen molar-refractivity contribution >= 4 is 0 Å². The fourth-order valence-electron chi connectivity index (χ4n) is 1.14. The molecule has 1 atom stereocenters. The van der Waals surface area contributed by atoms with E-state index in [0.29, 0.717) is 13.0 Å². The van der Waals surface area contributed by atoms with Gasteiger partial charge in [-0.05, 0) is 20.4 Å². The number of rotatable bonds is 0. The summed E-state index contributed by atoms with van der Waals surface area (Å²) in [5, 5.41) is 0. The molecule has 0 aromatic carbocycles. The Morgan fingerprint density at radius 1 is 1.40 bits per heavy atom. The van der Waals surface area contributed by atoms with Gasteiger partial charge in [-0.2, -0.15) is 0 Å². The average molecular weight is 147 g/mol. The number of halogens is 1. The van der Waals surface area contributed by atoms with E-state index in [-0.39, 0.29) is 0 Å². The minimum atomic E-state index is -0.908. The molecule has 0 bridgehead atoms. The van der Waals surface area contributed by atoms with E-state index in [9.17, 15) is 4.39 Å². The summed E-state index contributed by atoms with van der Waals surface area (Å²) < 4.78 is 12.8. The van der Waals surface area contributed by atoms with Crippen LogP contribution in [0.5, 0.6) is 0 Å². The Labute approximate surface area is 63.2 Å². The van der Waals surface area contributed by atoms with E-state index in [1.807, 2.05) is 25.8 Å². The van der Waals surface area contributed by atoms with Crippen LogP contribution < -0.4 is 0 Å². The lowest BCUT2D eigenvalue weighted by Gasteiger charge is -2.10. The minimum absolute atomic E-state index is 0.604. The summed E-state index contributed by atoms with van der Waals surface area (Å²) in [6.07, 6.45) is 0.698. The molecular formula is C8H18FN. The first-order valence-corrected chi connectivity index (χ1v) is 3.98. The average Bonchev–Trinajstić information content (AvgIpc) is 2.15. The molecule has 0 amide bonds. The Morgan fingerprint density at radius 3 is 2.00 bits per heavy atom. The van der Waals surface area contributed by atoms with Gasteiger partial charge in [0.1, 0.15) is 5.67 Å². The fraction of sp³-hybridized carbons (Fsp3) is 1.00. The van der Waals surface area contributed by atoms with Gasteiger partial charge in [0.2, 0.25) is 0 Å². The molecule has 1 aliphatic rings. The predicted molar refractivity (Wildman–Crippen MR) is 43.0 cm³/mol. The Hall–Kier alpha value is -0.110. The van der Waals surface area contributed by atoms with Gasteiger partial charge in [0.05, 0.1) is 0 Å². The molecule has 62 valence electrons. The summed E-state index contributed by atoms with van der Waals surface area (Å²) in [5.74, 6) is 0. The van der Waals surface area contributed by atoms with Crippen molar-refractivity contribution in [3.63, 3.8) is 0 Å². The van der Waals surface area contributed by atoms with E-state index in [1.54, 1.807) is 6.92 Å². The standard InChI is InChI=1S/C6H12FN.C2H6/c1-6(7)3-4-8(2)5-6;1-2/h3-5H2,1-2H3;1-2H3/t6-;/m0./s1. The second kappa shape index (κ2) is 3.91. The minimum Gasteiger partial charge on any atom is -0.303 e. The van der Waals surface area contributed by atoms with Crippen LogP contribution in [0.1, 0.15) is 27.2 Å². The van der Waals surface area contributed by atoms with E-state index in [2.05, 4.69) is 0 Å². The van der Waals surface area contributed by atoms with E-state index in [0.717, 1.165) is 6.54 Å². The lowest BCUT2D eigenvalue weighted by atomic mass is 10.1. The van der Waals surface area contributed by atoms with Gasteiger partial charge in [-0.15, -0.1) is 0 Å². The first-order valence-electron chi connectivity index (χ1n) is 3.98. The van der Waals surface area contributed by atoms with Gasteiger partial charge in [0, 0.05) is 13.1 Å². The maximum Gasteiger partial charge on any atom is 0.122 e. The molecule has 10 heavy (non-hydrogen) atoms. The lowest BCUT2D eigenvalue weighted by molar-refractivity contribution is 0.198. The van der Waals surface area contributed by atoms with Crippen LogP contribution in [0.15, 0.2) is 0 Å². The van der Waals surface area contributed by atoms with Crippen molar-refractivity contribution in [1.29, 1.82) is 0 Å². The first kappa shape index (κ1) is 9.89. The van der Waals surface area contributed by atoms with Crippen molar-refractivity contribution in [2.24, 2.45) is 0 Å². The number of hydrogen-bond acceptors (Lipinski definition) is 1. The molecule has 0 N–H and O–H groups in total. The maximum atomic E-state index is 12.8. The lowest BCUT2D eigenvalue weighted by Crippen LogP contribution is -2.22. The van der Waals surface area contributed by atoms with Crippen molar-refractivity contribution < 1.29 is 4.39 Å². The van der Waals surface area contributed by atoms with Crippen molar-refractivity contribution in [3.8, 4) is 0 Å². The van der Waals surface area contributed by atoms with Crippen molar-refractivity contribution in [2.45, 2.75) is 32.9 Å². The van der Waals surface area contributed by atoms with Crippen molar-refractivity contribution in [1.82, 2.24) is 4.90 Å². The molecule has 0 spiro atoms. The fourth-order valence-corrected chi connectivity index (χ4v) is 1.14. The van der Waals surface area contributed by atoms with Crippen LogP contribution in [0.4, 0.5) is 4.39 Å². The molecule has 0 aliphatic carbocycles. The predicted octanol–water partition coefficient (Wildman–Crippen LogP) is 2.08. The maximum absolute atomic E-state index is 12.8. The summed E-state index contributed by atoms with van der Waals surface area (Å²) >= 11 is 0. The van der Waals surface area contributed by atoms with Crippen molar-refractivity contribution in [2.75, 3.05) is 20.1 Å². The molecular weight excluding hydrogens is 129 g/mol. The molecule has 1 aliphatic heterocycles. The quantitative estimate of drug-likeness (QED) is 0.507. The third kappa shape index (κ3) is 3.16. The summed E-state index contributed by atoms with van der Waals surface area (Å²) in [6.45, 7) is 7.18. The highest BCUT2D eigenvalue weighted by atomic mass is 19.1. The van der Waals surface area contributed by atoms with Crippen LogP contribution >= 0.6 is 0 Å². The normalized spacial score (nSPS) is 33.3. The molecule has 1 nitrogen and oxygen atoms in total. The van der Waals surface area contributed by atoms with Gasteiger partial charge in [-0.25, -0.2) is 4.39 Å². The molecule has 0 unspecified atom stereocenters. The Morgan fingerprint density at radius 2 is 1.90 bits per heavy atom. The summed E-state index contributed by atoms with van der Waals surface area (Å²) in [5.41, 5.74) is -0.908. The van der Waals surface area contributed by atoms with Gasteiger partial charge in [0.15, 0.2) is 0 Å². The molecule has 1 fully saturated rings. The third-order valence-electron chi connectivity index (χ3n) is 1.61. The number of nitrogens with zero attached hydrogens (tertiary/aromatic N) is 1. The van der Waals surface area contributed by atoms with Crippen LogP contribution in [-0.4, -0.2) is 30.7 Å². The molecule has 0 aromatic heterocycles. The van der Waals surface area contributed by atoms with E-state index in [4.69, 9.17) is 0 Å². The van der Waals surface area contributed by atoms with Crippen LogP contribution in [0.2, 0.25) is 0 Å². The smallest absolute Gasteiger partial charge is 0.122 e. The highest BCUT2D eigenvalue weighted by Gasteiger charge is 2.30. The molecule has 1 saturated heterocycles. The molecule has 1 rings (SSSR count). The SMILES string of the molecule is CC.CN1CC[C@](C)(F)C1. The molecule has 0 aromatic rings. The van der Waals surface area contributed by atoms with Crippen molar-refractivity contribution in [3.05, 3.63) is 0 Å². The third-order valence-corrected chi connectivity index (χ3v) is 1.61. The zero-order valence-corrected chi connectivity index (χ0v) is 7.45. The van der Waals surface area contributed by atoms with E-state index >= 15 is 0 Å². The molecule has 1 heterocycles. The number of hydrogen-bond donors (Lipinski definition) is 0. The van der Waals surface area contributed by atoms with Crippen LogP contribution in [0.25, 0.3) is 0 Å². The molecule has 2 heteroatoms. The number of alkyl halides is 1. The van der Waals surface area contributed by atoms with Crippen LogP contribution in [-0.2, 0) is 0 Å². The van der Waals surface area contributed by atoms with Gasteiger partial charge in [0.25, 0.3) is 0 Å². The molecule has 0 radical (unpaired) electrons. The Balaban J connectivity index is 0.000000371. The van der Waals surface area contributed by atoms with Gasteiger partial charge < -0.3 is 4.90 Å². The van der Waals surface area contributed by atoms with Gasteiger partial charge >= 0.3 is 0 Å². The molecule has 0 saturated carbocycles. The topological polar surface area (TPSA) is 3.24 Å². The van der Waals surface area contributed by atoms with Gasteiger partial charge in [-0.3, -0.25) is 0 Å². The summed E-state index contributed by atoms with van der Waals surface area (Å²) in [7, 11) is 1.95. The first-order chi connectivity index (χ1) is 4.60. The Kier molecular flexibility index (Phi) is 3.87. The second-order valence-corrected chi connectivity index (χ2v) is 2.90. The zero-order valence-electron chi connectivity index (χ0n) is 7.45. The highest BCUT2D eigenvalue weighted by molar-refractivity contribution is 4.84. The van der Waals surface area contributed by atoms with E-state index < -0.39 is 5.67 Å². The number of likely N-dealkylation sites (tertiary alicyclic amines) is 1. The monoisotopic (exact) mass is 147 g/mol. The zero-order chi connectivity index (χ0) is 8.20. The summed E-state index contributed by atoms with van der Waals surface area (Å²) in [6, 6.07) is 0. The van der Waals surface area contributed by atoms with Gasteiger partial charge in [-0.1, -0.05) is 13.8 Å². The summed E-state index contributed by atoms with van der Waals surface area (Å²) in [4.78, 5) is 2.01. The van der Waals surface area contributed by atoms with E-state index in [1.165, 1.54) is 0 Å². The highest BCUT2D eigenvalue weighted by Crippen LogP contribution is 2.22.